The number of allylic oxidation sites excluding steroid dienone is 2. The molecule has 0 spiro atoms. The van der Waals surface area contributed by atoms with Crippen molar-refractivity contribution in [2.45, 2.75) is 12.8 Å². The molecule has 1 aromatic carbocycles. The number of anilines is 1. The van der Waals surface area contributed by atoms with E-state index in [2.05, 4.69) is 5.32 Å². The van der Waals surface area contributed by atoms with E-state index in [-0.39, 0.29) is 18.5 Å². The van der Waals surface area contributed by atoms with Gasteiger partial charge in [-0.2, -0.15) is 0 Å². The number of rotatable bonds is 3. The van der Waals surface area contributed by atoms with E-state index in [0.29, 0.717) is 0 Å². The van der Waals surface area contributed by atoms with Crippen LogP contribution in [0.2, 0.25) is 0 Å². The summed E-state index contributed by atoms with van der Waals surface area (Å²) in [7, 11) is 0. The summed E-state index contributed by atoms with van der Waals surface area (Å²) in [4.78, 5) is 23.1. The Hall–Kier alpha value is -2.24. The smallest absolute Gasteiger partial charge is 0.307 e. The fourth-order valence-corrected chi connectivity index (χ4v) is 2.20. The van der Waals surface area contributed by atoms with Gasteiger partial charge in [-0.3, -0.25) is 9.59 Å². The van der Waals surface area contributed by atoms with Crippen LogP contribution in [0.15, 0.2) is 30.4 Å². The summed E-state index contributed by atoms with van der Waals surface area (Å²) in [6, 6.07) is 2.70. The van der Waals surface area contributed by atoms with Crippen molar-refractivity contribution in [3.63, 3.8) is 0 Å². The number of nitrogens with one attached hydrogen (secondary N) is 1. The second-order valence-corrected chi connectivity index (χ2v) is 4.61. The predicted molar refractivity (Wildman–Crippen MR) is 68.0 cm³/mol. The summed E-state index contributed by atoms with van der Waals surface area (Å²) in [6.45, 7) is 0. The summed E-state index contributed by atoms with van der Waals surface area (Å²) in [5, 5.41) is 11.3. The molecule has 0 aromatic heterocycles. The van der Waals surface area contributed by atoms with Crippen LogP contribution in [0.3, 0.4) is 0 Å². The molecule has 0 saturated carbocycles. The van der Waals surface area contributed by atoms with Crippen LogP contribution in [0.4, 0.5) is 14.5 Å². The Morgan fingerprint density at radius 2 is 1.80 bits per heavy atom. The third-order valence-electron chi connectivity index (χ3n) is 3.27. The van der Waals surface area contributed by atoms with Gasteiger partial charge in [-0.25, -0.2) is 8.78 Å². The number of halogens is 2. The molecule has 1 aromatic rings. The first kappa shape index (κ1) is 14.2. The van der Waals surface area contributed by atoms with Crippen molar-refractivity contribution in [1.82, 2.24) is 0 Å². The molecule has 2 rings (SSSR count). The summed E-state index contributed by atoms with van der Waals surface area (Å²) < 4.78 is 26.5. The molecule has 0 aliphatic heterocycles. The quantitative estimate of drug-likeness (QED) is 0.837. The Kier molecular flexibility index (Phi) is 4.12. The van der Waals surface area contributed by atoms with Crippen LogP contribution in [-0.2, 0) is 9.59 Å². The molecule has 0 saturated heterocycles. The van der Waals surface area contributed by atoms with Crippen LogP contribution < -0.4 is 5.32 Å². The molecule has 0 radical (unpaired) electrons. The molecule has 1 aliphatic rings. The molecule has 1 amide bonds. The molecule has 0 heterocycles. The van der Waals surface area contributed by atoms with Crippen molar-refractivity contribution in [3.05, 3.63) is 42.0 Å². The lowest BCUT2D eigenvalue weighted by atomic mass is 9.82. The van der Waals surface area contributed by atoms with E-state index < -0.39 is 35.3 Å². The molecule has 2 N–H and O–H groups in total. The van der Waals surface area contributed by atoms with Crippen LogP contribution in [0.25, 0.3) is 0 Å². The maximum atomic E-state index is 13.4. The summed E-state index contributed by atoms with van der Waals surface area (Å²) in [6.07, 6.45) is 3.93. The molecule has 1 aliphatic carbocycles. The number of hydrogen-bond acceptors (Lipinski definition) is 2. The minimum absolute atomic E-state index is 0.249. The molecule has 20 heavy (non-hydrogen) atoms. The minimum Gasteiger partial charge on any atom is -0.481 e. The van der Waals surface area contributed by atoms with Crippen molar-refractivity contribution < 1.29 is 23.5 Å². The van der Waals surface area contributed by atoms with E-state index in [1.807, 2.05) is 0 Å². The lowest BCUT2D eigenvalue weighted by Gasteiger charge is -2.24. The standard InChI is InChI=1S/C14H13F2NO3/c15-8-5-6-11(16)12(7-8)17-13(18)9-3-1-2-4-10(9)14(19)20/h1-2,5-7,9-10H,3-4H2,(H,17,18)(H,19,20). The Labute approximate surface area is 114 Å². The molecule has 0 fully saturated rings. The SMILES string of the molecule is O=C(O)C1CC=CCC1C(=O)Nc1cc(F)ccc1F. The number of carboxylic acids is 1. The summed E-state index contributed by atoms with van der Waals surface area (Å²) >= 11 is 0. The number of aliphatic carboxylic acids is 1. The second-order valence-electron chi connectivity index (χ2n) is 4.61. The van der Waals surface area contributed by atoms with Crippen molar-refractivity contribution in [1.29, 1.82) is 0 Å². The average molecular weight is 281 g/mol. The first-order chi connectivity index (χ1) is 9.49. The van der Waals surface area contributed by atoms with Crippen LogP contribution in [-0.4, -0.2) is 17.0 Å². The monoisotopic (exact) mass is 281 g/mol. The van der Waals surface area contributed by atoms with Crippen LogP contribution in [0.1, 0.15) is 12.8 Å². The number of carbonyl (C=O) groups excluding carboxylic acids is 1. The van der Waals surface area contributed by atoms with E-state index in [0.717, 1.165) is 18.2 Å². The van der Waals surface area contributed by atoms with Gasteiger partial charge in [0.1, 0.15) is 11.6 Å². The Morgan fingerprint density at radius 3 is 2.45 bits per heavy atom. The maximum absolute atomic E-state index is 13.4. The molecular weight excluding hydrogens is 268 g/mol. The number of amides is 1. The zero-order valence-electron chi connectivity index (χ0n) is 10.5. The Balaban J connectivity index is 2.16. The number of carbonyl (C=O) groups is 2. The highest BCUT2D eigenvalue weighted by atomic mass is 19.1. The molecule has 4 nitrogen and oxygen atoms in total. The third-order valence-corrected chi connectivity index (χ3v) is 3.27. The van der Waals surface area contributed by atoms with Gasteiger partial charge < -0.3 is 10.4 Å². The van der Waals surface area contributed by atoms with Gasteiger partial charge in [0.05, 0.1) is 17.5 Å². The highest BCUT2D eigenvalue weighted by Gasteiger charge is 2.34. The normalized spacial score (nSPS) is 21.5. The minimum atomic E-state index is -1.07. The van der Waals surface area contributed by atoms with E-state index in [1.165, 1.54) is 0 Å². The fourth-order valence-electron chi connectivity index (χ4n) is 2.20. The van der Waals surface area contributed by atoms with E-state index in [1.54, 1.807) is 12.2 Å². The van der Waals surface area contributed by atoms with E-state index >= 15 is 0 Å². The highest BCUT2D eigenvalue weighted by Crippen LogP contribution is 2.27. The zero-order valence-corrected chi connectivity index (χ0v) is 10.5. The first-order valence-electron chi connectivity index (χ1n) is 6.12. The maximum Gasteiger partial charge on any atom is 0.307 e. The van der Waals surface area contributed by atoms with Crippen molar-refractivity contribution >= 4 is 17.6 Å². The zero-order chi connectivity index (χ0) is 14.7. The first-order valence-corrected chi connectivity index (χ1v) is 6.12. The van der Waals surface area contributed by atoms with Crippen molar-refractivity contribution in [3.8, 4) is 0 Å². The number of hydrogen-bond donors (Lipinski definition) is 2. The molecule has 0 bridgehead atoms. The average Bonchev–Trinajstić information content (AvgIpc) is 2.42. The molecule has 2 atom stereocenters. The van der Waals surface area contributed by atoms with Gasteiger partial charge >= 0.3 is 5.97 Å². The molecule has 2 unspecified atom stereocenters. The van der Waals surface area contributed by atoms with Gasteiger partial charge in [-0.1, -0.05) is 12.2 Å². The van der Waals surface area contributed by atoms with Crippen molar-refractivity contribution in [2.24, 2.45) is 11.8 Å². The fraction of sp³-hybridized carbons (Fsp3) is 0.286. The van der Waals surface area contributed by atoms with E-state index in [4.69, 9.17) is 5.11 Å². The summed E-state index contributed by atoms with van der Waals surface area (Å²) in [5.41, 5.74) is -0.284. The molecular formula is C14H13F2NO3. The van der Waals surface area contributed by atoms with Gasteiger partial charge in [0, 0.05) is 6.07 Å². The van der Waals surface area contributed by atoms with Crippen LogP contribution in [0.5, 0.6) is 0 Å². The lowest BCUT2D eigenvalue weighted by Crippen LogP contribution is -2.34. The van der Waals surface area contributed by atoms with Crippen LogP contribution in [0, 0.1) is 23.5 Å². The van der Waals surface area contributed by atoms with Crippen molar-refractivity contribution in [2.75, 3.05) is 5.32 Å². The Morgan fingerprint density at radius 1 is 1.15 bits per heavy atom. The number of benzene rings is 1. The lowest BCUT2D eigenvalue weighted by molar-refractivity contribution is -0.146. The van der Waals surface area contributed by atoms with Gasteiger partial charge in [0.25, 0.3) is 0 Å². The predicted octanol–water partition coefficient (Wildman–Crippen LogP) is 2.57. The largest absolute Gasteiger partial charge is 0.481 e. The van der Waals surface area contributed by atoms with Gasteiger partial charge in [-0.05, 0) is 25.0 Å². The van der Waals surface area contributed by atoms with Gasteiger partial charge in [-0.15, -0.1) is 0 Å². The van der Waals surface area contributed by atoms with Crippen LogP contribution >= 0.6 is 0 Å². The molecule has 6 heteroatoms. The second kappa shape index (κ2) is 5.81. The van der Waals surface area contributed by atoms with Gasteiger partial charge in [0.2, 0.25) is 5.91 Å². The summed E-state index contributed by atoms with van der Waals surface area (Å²) in [5.74, 6) is -4.78. The Bertz CT molecular complexity index is 572. The molecule has 106 valence electrons. The topological polar surface area (TPSA) is 66.4 Å². The van der Waals surface area contributed by atoms with E-state index in [9.17, 15) is 18.4 Å². The number of carboxylic acid groups (broad SMARTS) is 1. The van der Waals surface area contributed by atoms with Gasteiger partial charge in [0.15, 0.2) is 0 Å². The highest BCUT2D eigenvalue weighted by molar-refractivity contribution is 5.95. The third kappa shape index (κ3) is 3.01.